The lowest BCUT2D eigenvalue weighted by Gasteiger charge is -2.11. The van der Waals surface area contributed by atoms with Gasteiger partial charge in [-0.25, -0.2) is 4.79 Å². The maximum atomic E-state index is 11.3. The fourth-order valence-corrected chi connectivity index (χ4v) is 1.49. The predicted molar refractivity (Wildman–Crippen MR) is 55.5 cm³/mol. The molecule has 0 aliphatic carbocycles. The van der Waals surface area contributed by atoms with E-state index < -0.39 is 12.0 Å². The van der Waals surface area contributed by atoms with E-state index in [9.17, 15) is 4.79 Å². The average Bonchev–Trinajstić information content (AvgIpc) is 2.18. The summed E-state index contributed by atoms with van der Waals surface area (Å²) in [6.07, 6.45) is 3.17. The third-order valence-electron chi connectivity index (χ3n) is 1.68. The Morgan fingerprint density at radius 2 is 2.50 bits per heavy atom. The number of esters is 1. The number of nitrogens with zero attached hydrogens (tertiary/aromatic N) is 1. The number of hydrogen-bond donors (Lipinski definition) is 1. The molecular formula is C9H11BrN2O2. The van der Waals surface area contributed by atoms with Crippen molar-refractivity contribution in [3.63, 3.8) is 0 Å². The van der Waals surface area contributed by atoms with Crippen LogP contribution in [-0.4, -0.2) is 17.6 Å². The van der Waals surface area contributed by atoms with Gasteiger partial charge in [-0.05, 0) is 34.5 Å². The minimum absolute atomic E-state index is 0.329. The van der Waals surface area contributed by atoms with Crippen LogP contribution < -0.4 is 5.73 Å². The van der Waals surface area contributed by atoms with Gasteiger partial charge in [0.1, 0.15) is 6.04 Å². The Hall–Kier alpha value is -0.940. The highest BCUT2D eigenvalue weighted by Gasteiger charge is 2.18. The topological polar surface area (TPSA) is 65.2 Å². The average molecular weight is 259 g/mol. The van der Waals surface area contributed by atoms with E-state index in [1.165, 1.54) is 0 Å². The Morgan fingerprint density at radius 1 is 1.79 bits per heavy atom. The molecule has 1 aromatic heterocycles. The first-order valence-electron chi connectivity index (χ1n) is 4.18. The van der Waals surface area contributed by atoms with E-state index in [2.05, 4.69) is 20.9 Å². The summed E-state index contributed by atoms with van der Waals surface area (Å²) < 4.78 is 5.52. The molecule has 0 aromatic carbocycles. The quantitative estimate of drug-likeness (QED) is 0.833. The third-order valence-corrected chi connectivity index (χ3v) is 2.34. The molecule has 1 heterocycles. The summed E-state index contributed by atoms with van der Waals surface area (Å²) in [4.78, 5) is 15.2. The van der Waals surface area contributed by atoms with Crippen LogP contribution in [0, 0.1) is 0 Å². The SMILES string of the molecule is CCOC(=O)C(N)c1ccncc1Br. The zero-order valence-electron chi connectivity index (χ0n) is 7.74. The Kier molecular flexibility index (Phi) is 4.03. The summed E-state index contributed by atoms with van der Waals surface area (Å²) in [6.45, 7) is 2.07. The lowest BCUT2D eigenvalue weighted by molar-refractivity contribution is -0.144. The van der Waals surface area contributed by atoms with E-state index in [1.54, 1.807) is 25.4 Å². The van der Waals surface area contributed by atoms with E-state index in [0.29, 0.717) is 16.6 Å². The minimum atomic E-state index is -0.757. The molecule has 76 valence electrons. The van der Waals surface area contributed by atoms with Crippen LogP contribution in [0.15, 0.2) is 22.9 Å². The first-order valence-corrected chi connectivity index (χ1v) is 4.97. The van der Waals surface area contributed by atoms with Gasteiger partial charge in [0.25, 0.3) is 0 Å². The standard InChI is InChI=1S/C9H11BrN2O2/c1-2-14-9(13)8(11)6-3-4-12-5-7(6)10/h3-5,8H,2,11H2,1H3. The number of hydrogen-bond acceptors (Lipinski definition) is 4. The van der Waals surface area contributed by atoms with Gasteiger partial charge < -0.3 is 10.5 Å². The molecule has 0 amide bonds. The molecule has 0 aliphatic rings. The number of rotatable bonds is 3. The van der Waals surface area contributed by atoms with Crippen molar-refractivity contribution in [1.82, 2.24) is 4.98 Å². The summed E-state index contributed by atoms with van der Waals surface area (Å²) in [5.41, 5.74) is 6.37. The van der Waals surface area contributed by atoms with Crippen LogP contribution in [0.25, 0.3) is 0 Å². The van der Waals surface area contributed by atoms with Crippen molar-refractivity contribution in [2.24, 2.45) is 5.73 Å². The van der Waals surface area contributed by atoms with Gasteiger partial charge in [0, 0.05) is 16.9 Å². The Balaban J connectivity index is 2.84. The highest BCUT2D eigenvalue weighted by Crippen LogP contribution is 2.21. The molecule has 0 radical (unpaired) electrons. The van der Waals surface area contributed by atoms with E-state index >= 15 is 0 Å². The third kappa shape index (κ3) is 2.52. The second-order valence-corrected chi connectivity index (χ2v) is 3.48. The monoisotopic (exact) mass is 258 g/mol. The van der Waals surface area contributed by atoms with Crippen molar-refractivity contribution < 1.29 is 9.53 Å². The van der Waals surface area contributed by atoms with Crippen LogP contribution in [0.2, 0.25) is 0 Å². The fraction of sp³-hybridized carbons (Fsp3) is 0.333. The van der Waals surface area contributed by atoms with E-state index in [-0.39, 0.29) is 0 Å². The number of halogens is 1. The van der Waals surface area contributed by atoms with Gasteiger partial charge in [-0.3, -0.25) is 4.98 Å². The smallest absolute Gasteiger partial charge is 0.327 e. The number of aromatic nitrogens is 1. The first-order chi connectivity index (χ1) is 6.66. The van der Waals surface area contributed by atoms with Gasteiger partial charge in [-0.2, -0.15) is 0 Å². The van der Waals surface area contributed by atoms with Crippen LogP contribution in [0.1, 0.15) is 18.5 Å². The van der Waals surface area contributed by atoms with Crippen molar-refractivity contribution in [1.29, 1.82) is 0 Å². The summed E-state index contributed by atoms with van der Waals surface area (Å²) >= 11 is 3.27. The van der Waals surface area contributed by atoms with Crippen molar-refractivity contribution in [2.75, 3.05) is 6.61 Å². The number of ether oxygens (including phenoxy) is 1. The Labute approximate surface area is 90.6 Å². The maximum Gasteiger partial charge on any atom is 0.327 e. The van der Waals surface area contributed by atoms with E-state index in [4.69, 9.17) is 10.5 Å². The lowest BCUT2D eigenvalue weighted by Crippen LogP contribution is -2.24. The predicted octanol–water partition coefficient (Wildman–Crippen LogP) is 1.41. The zero-order valence-corrected chi connectivity index (χ0v) is 9.32. The molecular weight excluding hydrogens is 248 g/mol. The molecule has 0 bridgehead atoms. The fourth-order valence-electron chi connectivity index (χ4n) is 0.997. The van der Waals surface area contributed by atoms with E-state index in [0.717, 1.165) is 0 Å². The molecule has 5 heteroatoms. The highest BCUT2D eigenvalue weighted by atomic mass is 79.9. The largest absolute Gasteiger partial charge is 0.465 e. The van der Waals surface area contributed by atoms with Gasteiger partial charge >= 0.3 is 5.97 Å². The molecule has 0 saturated carbocycles. The van der Waals surface area contributed by atoms with E-state index in [1.807, 2.05) is 0 Å². The molecule has 2 N–H and O–H groups in total. The van der Waals surface area contributed by atoms with Crippen LogP contribution in [0.4, 0.5) is 0 Å². The first kappa shape index (κ1) is 11.1. The summed E-state index contributed by atoms with van der Waals surface area (Å²) in [6, 6.07) is 0.929. The molecule has 1 atom stereocenters. The van der Waals surface area contributed by atoms with Crippen molar-refractivity contribution >= 4 is 21.9 Å². The number of pyridine rings is 1. The van der Waals surface area contributed by atoms with Crippen LogP contribution in [-0.2, 0) is 9.53 Å². The molecule has 1 rings (SSSR count). The number of carbonyl (C=O) groups excluding carboxylic acids is 1. The molecule has 0 aliphatic heterocycles. The highest BCUT2D eigenvalue weighted by molar-refractivity contribution is 9.10. The van der Waals surface area contributed by atoms with Gasteiger partial charge in [0.05, 0.1) is 6.61 Å². The molecule has 1 unspecified atom stereocenters. The summed E-state index contributed by atoms with van der Waals surface area (Å²) in [7, 11) is 0. The maximum absolute atomic E-state index is 11.3. The Bertz CT molecular complexity index is 330. The molecule has 4 nitrogen and oxygen atoms in total. The summed E-state index contributed by atoms with van der Waals surface area (Å²) in [5, 5.41) is 0. The van der Waals surface area contributed by atoms with Gasteiger partial charge in [-0.15, -0.1) is 0 Å². The number of nitrogens with two attached hydrogens (primary N) is 1. The van der Waals surface area contributed by atoms with Crippen LogP contribution in [0.5, 0.6) is 0 Å². The minimum Gasteiger partial charge on any atom is -0.465 e. The summed E-state index contributed by atoms with van der Waals surface area (Å²) in [5.74, 6) is -0.431. The Morgan fingerprint density at radius 3 is 3.07 bits per heavy atom. The van der Waals surface area contributed by atoms with Gasteiger partial charge in [0.2, 0.25) is 0 Å². The molecule has 14 heavy (non-hydrogen) atoms. The lowest BCUT2D eigenvalue weighted by atomic mass is 10.1. The zero-order chi connectivity index (χ0) is 10.6. The molecule has 0 saturated heterocycles. The second-order valence-electron chi connectivity index (χ2n) is 2.63. The van der Waals surface area contributed by atoms with Crippen molar-refractivity contribution in [3.05, 3.63) is 28.5 Å². The van der Waals surface area contributed by atoms with Crippen molar-refractivity contribution in [2.45, 2.75) is 13.0 Å². The van der Waals surface area contributed by atoms with Crippen LogP contribution >= 0.6 is 15.9 Å². The molecule has 1 aromatic rings. The van der Waals surface area contributed by atoms with Crippen LogP contribution in [0.3, 0.4) is 0 Å². The number of carbonyl (C=O) groups is 1. The molecule has 0 spiro atoms. The van der Waals surface area contributed by atoms with Gasteiger partial charge in [-0.1, -0.05) is 0 Å². The van der Waals surface area contributed by atoms with Gasteiger partial charge in [0.15, 0.2) is 0 Å². The normalized spacial score (nSPS) is 12.2. The second kappa shape index (κ2) is 5.07. The van der Waals surface area contributed by atoms with Crippen molar-refractivity contribution in [3.8, 4) is 0 Å². The molecule has 0 fully saturated rings.